The number of halogens is 1. The zero-order valence-electron chi connectivity index (χ0n) is 9.44. The molecule has 0 radical (unpaired) electrons. The van der Waals surface area contributed by atoms with Crippen molar-refractivity contribution in [2.75, 3.05) is 14.2 Å². The SMILES string of the molecule is COc1ccc(F)c(OC)c1C(O)CC(=O)O. The average molecular weight is 244 g/mol. The predicted octanol–water partition coefficient (Wildman–Crippen LogP) is 1.35. The van der Waals surface area contributed by atoms with Crippen molar-refractivity contribution in [2.45, 2.75) is 12.5 Å². The van der Waals surface area contributed by atoms with Crippen LogP contribution in [-0.2, 0) is 4.79 Å². The number of hydrogen-bond acceptors (Lipinski definition) is 4. The summed E-state index contributed by atoms with van der Waals surface area (Å²) < 4.78 is 23.2. The molecule has 0 aliphatic carbocycles. The average Bonchev–Trinajstić information content (AvgIpc) is 2.27. The van der Waals surface area contributed by atoms with E-state index in [0.717, 1.165) is 6.07 Å². The topological polar surface area (TPSA) is 76.0 Å². The second-order valence-corrected chi connectivity index (χ2v) is 3.31. The maximum atomic E-state index is 13.4. The first-order valence-electron chi connectivity index (χ1n) is 4.81. The van der Waals surface area contributed by atoms with Gasteiger partial charge in [-0.05, 0) is 12.1 Å². The third-order valence-electron chi connectivity index (χ3n) is 2.23. The summed E-state index contributed by atoms with van der Waals surface area (Å²) >= 11 is 0. The van der Waals surface area contributed by atoms with Crippen LogP contribution in [0.2, 0.25) is 0 Å². The Hall–Kier alpha value is -1.82. The first kappa shape index (κ1) is 13.2. The molecule has 1 aromatic carbocycles. The van der Waals surface area contributed by atoms with E-state index in [9.17, 15) is 14.3 Å². The number of ether oxygens (including phenoxy) is 2. The molecule has 0 bridgehead atoms. The van der Waals surface area contributed by atoms with Gasteiger partial charge in [0.2, 0.25) is 0 Å². The molecule has 0 aromatic heterocycles. The zero-order valence-corrected chi connectivity index (χ0v) is 9.44. The van der Waals surface area contributed by atoms with E-state index < -0.39 is 24.3 Å². The Kier molecular flexibility index (Phi) is 4.28. The number of aliphatic carboxylic acids is 1. The molecule has 0 spiro atoms. The van der Waals surface area contributed by atoms with Gasteiger partial charge in [0, 0.05) is 0 Å². The van der Waals surface area contributed by atoms with Gasteiger partial charge in [-0.1, -0.05) is 0 Å². The van der Waals surface area contributed by atoms with Crippen LogP contribution in [0.3, 0.4) is 0 Å². The Balaban J connectivity index is 3.26. The summed E-state index contributed by atoms with van der Waals surface area (Å²) in [6.45, 7) is 0. The highest BCUT2D eigenvalue weighted by molar-refractivity contribution is 5.68. The quantitative estimate of drug-likeness (QED) is 0.817. The van der Waals surface area contributed by atoms with Gasteiger partial charge in [0.25, 0.3) is 0 Å². The van der Waals surface area contributed by atoms with Crippen LogP contribution in [0, 0.1) is 5.82 Å². The van der Waals surface area contributed by atoms with Gasteiger partial charge in [-0.2, -0.15) is 0 Å². The van der Waals surface area contributed by atoms with Crippen LogP contribution in [0.25, 0.3) is 0 Å². The lowest BCUT2D eigenvalue weighted by Crippen LogP contribution is -2.09. The molecule has 17 heavy (non-hydrogen) atoms. The molecule has 1 unspecified atom stereocenters. The van der Waals surface area contributed by atoms with Crippen molar-refractivity contribution in [1.82, 2.24) is 0 Å². The molecule has 0 amide bonds. The van der Waals surface area contributed by atoms with E-state index in [1.54, 1.807) is 0 Å². The lowest BCUT2D eigenvalue weighted by molar-refractivity contribution is -0.139. The van der Waals surface area contributed by atoms with Crippen molar-refractivity contribution in [3.8, 4) is 11.5 Å². The van der Waals surface area contributed by atoms with Crippen LogP contribution >= 0.6 is 0 Å². The van der Waals surface area contributed by atoms with Crippen LogP contribution in [0.5, 0.6) is 11.5 Å². The number of aliphatic hydroxyl groups excluding tert-OH is 1. The molecular weight excluding hydrogens is 231 g/mol. The number of carboxylic acid groups (broad SMARTS) is 1. The molecule has 0 heterocycles. The van der Waals surface area contributed by atoms with Gasteiger partial charge < -0.3 is 19.7 Å². The van der Waals surface area contributed by atoms with Gasteiger partial charge in [-0.3, -0.25) is 4.79 Å². The molecule has 1 rings (SSSR count). The molecule has 0 saturated carbocycles. The normalized spacial score (nSPS) is 12.0. The molecule has 6 heteroatoms. The molecule has 1 aromatic rings. The Morgan fingerprint density at radius 2 is 2.06 bits per heavy atom. The van der Waals surface area contributed by atoms with Crippen molar-refractivity contribution in [3.63, 3.8) is 0 Å². The standard InChI is InChI=1S/C11H13FO5/c1-16-8-4-3-6(12)11(17-2)10(8)7(13)5-9(14)15/h3-4,7,13H,5H2,1-2H3,(H,14,15). The fraction of sp³-hybridized carbons (Fsp3) is 0.364. The van der Waals surface area contributed by atoms with E-state index in [0.29, 0.717) is 0 Å². The molecule has 2 N–H and O–H groups in total. The van der Waals surface area contributed by atoms with Gasteiger partial charge in [-0.25, -0.2) is 4.39 Å². The highest BCUT2D eigenvalue weighted by Gasteiger charge is 2.23. The minimum absolute atomic E-state index is 0.00241. The summed E-state index contributed by atoms with van der Waals surface area (Å²) in [5.41, 5.74) is -0.00241. The summed E-state index contributed by atoms with van der Waals surface area (Å²) in [6.07, 6.45) is -1.95. The number of carbonyl (C=O) groups is 1. The highest BCUT2D eigenvalue weighted by Crippen LogP contribution is 2.37. The molecule has 1 atom stereocenters. The van der Waals surface area contributed by atoms with E-state index in [1.807, 2.05) is 0 Å². The monoisotopic (exact) mass is 244 g/mol. The van der Waals surface area contributed by atoms with Crippen LogP contribution in [0.15, 0.2) is 12.1 Å². The maximum Gasteiger partial charge on any atom is 0.306 e. The number of rotatable bonds is 5. The largest absolute Gasteiger partial charge is 0.496 e. The number of aliphatic hydroxyl groups is 1. The number of carboxylic acids is 1. The lowest BCUT2D eigenvalue weighted by atomic mass is 10.0. The fourth-order valence-corrected chi connectivity index (χ4v) is 1.52. The van der Waals surface area contributed by atoms with E-state index in [-0.39, 0.29) is 17.1 Å². The molecule has 94 valence electrons. The Labute approximate surface area is 97.4 Å². The van der Waals surface area contributed by atoms with Gasteiger partial charge in [0.15, 0.2) is 11.6 Å². The molecule has 0 fully saturated rings. The molecule has 0 aliphatic heterocycles. The summed E-state index contributed by atoms with van der Waals surface area (Å²) in [7, 11) is 2.57. The molecule has 0 saturated heterocycles. The Morgan fingerprint density at radius 3 is 2.53 bits per heavy atom. The van der Waals surface area contributed by atoms with Crippen LogP contribution in [0.1, 0.15) is 18.1 Å². The first-order valence-corrected chi connectivity index (χ1v) is 4.81. The Morgan fingerprint density at radius 1 is 1.41 bits per heavy atom. The molecular formula is C11H13FO5. The lowest BCUT2D eigenvalue weighted by Gasteiger charge is -2.17. The number of hydrogen-bond donors (Lipinski definition) is 2. The second kappa shape index (κ2) is 5.49. The van der Waals surface area contributed by atoms with Gasteiger partial charge in [0.05, 0.1) is 32.3 Å². The minimum Gasteiger partial charge on any atom is -0.496 e. The van der Waals surface area contributed by atoms with Crippen molar-refractivity contribution >= 4 is 5.97 Å². The van der Waals surface area contributed by atoms with E-state index >= 15 is 0 Å². The van der Waals surface area contributed by atoms with Crippen molar-refractivity contribution in [2.24, 2.45) is 0 Å². The molecule has 0 aliphatic rings. The summed E-state index contributed by atoms with van der Waals surface area (Å²) in [4.78, 5) is 10.5. The summed E-state index contributed by atoms with van der Waals surface area (Å²) in [6, 6.07) is 2.42. The van der Waals surface area contributed by atoms with Gasteiger partial charge >= 0.3 is 5.97 Å². The van der Waals surface area contributed by atoms with E-state index in [4.69, 9.17) is 14.6 Å². The fourth-order valence-electron chi connectivity index (χ4n) is 1.52. The maximum absolute atomic E-state index is 13.4. The minimum atomic E-state index is -1.40. The van der Waals surface area contributed by atoms with Crippen LogP contribution in [0.4, 0.5) is 4.39 Å². The number of benzene rings is 1. The second-order valence-electron chi connectivity index (χ2n) is 3.31. The van der Waals surface area contributed by atoms with E-state index in [2.05, 4.69) is 0 Å². The summed E-state index contributed by atoms with van der Waals surface area (Å²) in [5, 5.41) is 18.3. The number of methoxy groups -OCH3 is 2. The Bertz CT molecular complexity index is 419. The predicted molar refractivity (Wildman–Crippen MR) is 56.7 cm³/mol. The first-order chi connectivity index (χ1) is 8.01. The third-order valence-corrected chi connectivity index (χ3v) is 2.23. The molecule has 5 nitrogen and oxygen atoms in total. The van der Waals surface area contributed by atoms with Gasteiger partial charge in [0.1, 0.15) is 5.75 Å². The smallest absolute Gasteiger partial charge is 0.306 e. The summed E-state index contributed by atoms with van der Waals surface area (Å²) in [5.74, 6) is -1.92. The third kappa shape index (κ3) is 2.85. The van der Waals surface area contributed by atoms with Crippen molar-refractivity contribution in [1.29, 1.82) is 0 Å². The van der Waals surface area contributed by atoms with E-state index in [1.165, 1.54) is 20.3 Å². The zero-order chi connectivity index (χ0) is 13.0. The van der Waals surface area contributed by atoms with Crippen molar-refractivity contribution < 1.29 is 28.9 Å². The van der Waals surface area contributed by atoms with Crippen LogP contribution in [-0.4, -0.2) is 30.4 Å². The van der Waals surface area contributed by atoms with Gasteiger partial charge in [-0.15, -0.1) is 0 Å². The van der Waals surface area contributed by atoms with Crippen molar-refractivity contribution in [3.05, 3.63) is 23.5 Å². The van der Waals surface area contributed by atoms with Crippen LogP contribution < -0.4 is 9.47 Å². The highest BCUT2D eigenvalue weighted by atomic mass is 19.1.